The van der Waals surface area contributed by atoms with Crippen molar-refractivity contribution in [2.45, 2.75) is 40.5 Å². The third-order valence-corrected chi connectivity index (χ3v) is 4.28. The molecular weight excluding hydrogens is 312 g/mol. The van der Waals surface area contributed by atoms with E-state index in [-0.39, 0.29) is 17.7 Å². The van der Waals surface area contributed by atoms with Gasteiger partial charge >= 0.3 is 0 Å². The third kappa shape index (κ3) is 4.47. The average molecular weight is 338 g/mol. The van der Waals surface area contributed by atoms with Gasteiger partial charge in [-0.2, -0.15) is 0 Å². The summed E-state index contributed by atoms with van der Waals surface area (Å²) in [6, 6.07) is 15.2. The van der Waals surface area contributed by atoms with Gasteiger partial charge in [0.25, 0.3) is 0 Å². The fraction of sp³-hybridized carbons (Fsp3) is 0.333. The zero-order valence-electron chi connectivity index (χ0n) is 15.5. The normalized spacial score (nSPS) is 11.3. The number of carbonyl (C=O) groups excluding carboxylic acids is 2. The van der Waals surface area contributed by atoms with Gasteiger partial charge in [-0.05, 0) is 50.5 Å². The molecule has 0 bridgehead atoms. The lowest BCUT2D eigenvalue weighted by Crippen LogP contribution is -2.41. The van der Waals surface area contributed by atoms with Gasteiger partial charge in [-0.3, -0.25) is 9.59 Å². The van der Waals surface area contributed by atoms with Crippen LogP contribution in [-0.2, 0) is 9.59 Å². The predicted octanol–water partition coefficient (Wildman–Crippen LogP) is 4.72. The Kier molecular flexibility index (Phi) is 5.62. The zero-order valence-corrected chi connectivity index (χ0v) is 15.5. The highest BCUT2D eigenvalue weighted by Gasteiger charge is 2.36. The zero-order chi connectivity index (χ0) is 18.6. The molecule has 0 saturated carbocycles. The molecule has 2 rings (SSSR count). The highest BCUT2D eigenvalue weighted by atomic mass is 16.2. The first-order valence-electron chi connectivity index (χ1n) is 8.50. The van der Waals surface area contributed by atoms with Crippen LogP contribution in [0.5, 0.6) is 0 Å². The molecule has 25 heavy (non-hydrogen) atoms. The van der Waals surface area contributed by atoms with Crippen LogP contribution < -0.4 is 10.6 Å². The van der Waals surface area contributed by atoms with Crippen LogP contribution in [0.25, 0.3) is 0 Å². The smallest absolute Gasteiger partial charge is 0.239 e. The van der Waals surface area contributed by atoms with Crippen molar-refractivity contribution in [3.63, 3.8) is 0 Å². The topological polar surface area (TPSA) is 58.2 Å². The molecule has 2 N–H and O–H groups in total. The second kappa shape index (κ2) is 7.51. The van der Waals surface area contributed by atoms with Crippen LogP contribution in [0.3, 0.4) is 0 Å². The van der Waals surface area contributed by atoms with Gasteiger partial charge < -0.3 is 10.6 Å². The molecule has 0 aliphatic rings. The Bertz CT molecular complexity index is 762. The minimum atomic E-state index is -1.20. The van der Waals surface area contributed by atoms with E-state index in [1.54, 1.807) is 13.8 Å². The quantitative estimate of drug-likeness (QED) is 0.775. The summed E-state index contributed by atoms with van der Waals surface area (Å²) in [4.78, 5) is 25.3. The van der Waals surface area contributed by atoms with Crippen LogP contribution in [0.2, 0.25) is 0 Å². The second-order valence-corrected chi connectivity index (χ2v) is 7.14. The first-order chi connectivity index (χ1) is 11.7. The number of aryl methyl sites for hydroxylation is 1. The Morgan fingerprint density at radius 1 is 0.880 bits per heavy atom. The molecule has 4 heteroatoms. The molecule has 0 fully saturated rings. The molecule has 0 radical (unpaired) electrons. The number of benzene rings is 2. The van der Waals surface area contributed by atoms with Crippen molar-refractivity contribution in [1.29, 1.82) is 0 Å². The van der Waals surface area contributed by atoms with Gasteiger partial charge in [-0.15, -0.1) is 0 Å². The Balaban J connectivity index is 2.14. The Morgan fingerprint density at radius 2 is 1.44 bits per heavy atom. The van der Waals surface area contributed by atoms with E-state index in [4.69, 9.17) is 0 Å². The molecule has 0 aliphatic heterocycles. The predicted molar refractivity (Wildman–Crippen MR) is 103 cm³/mol. The molecule has 0 spiro atoms. The molecule has 2 aromatic carbocycles. The van der Waals surface area contributed by atoms with Crippen molar-refractivity contribution < 1.29 is 9.59 Å². The van der Waals surface area contributed by atoms with Gasteiger partial charge in [0.1, 0.15) is 5.41 Å². The molecule has 2 amide bonds. The molecule has 132 valence electrons. The molecule has 0 saturated heterocycles. The lowest BCUT2D eigenvalue weighted by atomic mass is 9.90. The number of hydrogen-bond donors (Lipinski definition) is 2. The molecule has 2 aromatic rings. The summed E-state index contributed by atoms with van der Waals surface area (Å²) in [7, 11) is 0. The maximum atomic E-state index is 12.7. The first kappa shape index (κ1) is 18.7. The number of anilines is 2. The van der Waals surface area contributed by atoms with Gasteiger partial charge in [-0.1, -0.05) is 49.7 Å². The minimum Gasteiger partial charge on any atom is -0.325 e. The number of rotatable bonds is 5. The monoisotopic (exact) mass is 338 g/mol. The van der Waals surface area contributed by atoms with Gasteiger partial charge in [-0.25, -0.2) is 0 Å². The maximum Gasteiger partial charge on any atom is 0.239 e. The highest BCUT2D eigenvalue weighted by Crippen LogP contribution is 2.27. The Morgan fingerprint density at radius 3 is 2.04 bits per heavy atom. The number of amides is 2. The first-order valence-corrected chi connectivity index (χ1v) is 8.50. The molecule has 0 atom stereocenters. The van der Waals surface area contributed by atoms with Crippen LogP contribution in [0.15, 0.2) is 48.5 Å². The van der Waals surface area contributed by atoms with Crippen LogP contribution in [-0.4, -0.2) is 11.8 Å². The average Bonchev–Trinajstić information content (AvgIpc) is 2.57. The van der Waals surface area contributed by atoms with Gasteiger partial charge in [0.15, 0.2) is 0 Å². The maximum absolute atomic E-state index is 12.7. The van der Waals surface area contributed by atoms with Crippen LogP contribution in [0, 0.1) is 12.3 Å². The molecule has 0 aliphatic carbocycles. The standard InChI is InChI=1S/C21H26N2O2/c1-14(2)17-8-6-7-9-18(17)23-20(25)21(4,5)19(24)22-16-12-10-15(3)11-13-16/h6-14H,1-5H3,(H,22,24)(H,23,25). The summed E-state index contributed by atoms with van der Waals surface area (Å²) in [5, 5.41) is 5.72. The van der Waals surface area contributed by atoms with Crippen LogP contribution in [0.4, 0.5) is 11.4 Å². The van der Waals surface area contributed by atoms with Crippen LogP contribution in [0.1, 0.15) is 44.7 Å². The minimum absolute atomic E-state index is 0.279. The molecule has 0 unspecified atom stereocenters. The van der Waals surface area contributed by atoms with Crippen molar-refractivity contribution in [3.8, 4) is 0 Å². The summed E-state index contributed by atoms with van der Waals surface area (Å²) in [6.45, 7) is 9.38. The van der Waals surface area contributed by atoms with Gasteiger partial charge in [0.05, 0.1) is 0 Å². The third-order valence-electron chi connectivity index (χ3n) is 4.28. The summed E-state index contributed by atoms with van der Waals surface area (Å²) in [5.41, 5.74) is 2.39. The van der Waals surface area contributed by atoms with Crippen molar-refractivity contribution in [3.05, 3.63) is 59.7 Å². The molecule has 4 nitrogen and oxygen atoms in total. The van der Waals surface area contributed by atoms with E-state index in [1.807, 2.05) is 55.5 Å². The number of nitrogens with one attached hydrogen (secondary N) is 2. The van der Waals surface area contributed by atoms with E-state index >= 15 is 0 Å². The fourth-order valence-corrected chi connectivity index (χ4v) is 2.42. The van der Waals surface area contributed by atoms with E-state index in [9.17, 15) is 9.59 Å². The number of para-hydroxylation sites is 1. The largest absolute Gasteiger partial charge is 0.325 e. The van der Waals surface area contributed by atoms with E-state index in [2.05, 4.69) is 24.5 Å². The molecule has 0 aromatic heterocycles. The number of carbonyl (C=O) groups is 2. The van der Waals surface area contributed by atoms with E-state index < -0.39 is 5.41 Å². The molecular formula is C21H26N2O2. The lowest BCUT2D eigenvalue weighted by molar-refractivity contribution is -0.135. The molecule has 0 heterocycles. The summed E-state index contributed by atoms with van der Waals surface area (Å²) >= 11 is 0. The lowest BCUT2D eigenvalue weighted by Gasteiger charge is -2.24. The summed E-state index contributed by atoms with van der Waals surface area (Å²) in [6.07, 6.45) is 0. The van der Waals surface area contributed by atoms with Gasteiger partial charge in [0, 0.05) is 11.4 Å². The SMILES string of the molecule is Cc1ccc(NC(=O)C(C)(C)C(=O)Nc2ccccc2C(C)C)cc1. The second-order valence-electron chi connectivity index (χ2n) is 7.14. The van der Waals surface area contributed by atoms with E-state index in [0.717, 1.165) is 16.8 Å². The van der Waals surface area contributed by atoms with Crippen molar-refractivity contribution in [2.75, 3.05) is 10.6 Å². The van der Waals surface area contributed by atoms with Crippen molar-refractivity contribution in [2.24, 2.45) is 5.41 Å². The van der Waals surface area contributed by atoms with E-state index in [1.165, 1.54) is 0 Å². The number of hydrogen-bond acceptors (Lipinski definition) is 2. The van der Waals surface area contributed by atoms with Crippen molar-refractivity contribution >= 4 is 23.2 Å². The Labute approximate surface area is 149 Å². The fourth-order valence-electron chi connectivity index (χ4n) is 2.42. The van der Waals surface area contributed by atoms with Crippen LogP contribution >= 0.6 is 0 Å². The van der Waals surface area contributed by atoms with Gasteiger partial charge in [0.2, 0.25) is 11.8 Å². The Hall–Kier alpha value is -2.62. The van der Waals surface area contributed by atoms with Crippen molar-refractivity contribution in [1.82, 2.24) is 0 Å². The van der Waals surface area contributed by atoms with E-state index in [0.29, 0.717) is 5.69 Å². The summed E-state index contributed by atoms with van der Waals surface area (Å²) < 4.78 is 0. The summed E-state index contributed by atoms with van der Waals surface area (Å²) in [5.74, 6) is -0.387. The highest BCUT2D eigenvalue weighted by molar-refractivity contribution is 6.14.